The second kappa shape index (κ2) is 3.07. The number of halogens is 1. The SMILES string of the molecule is CC(C)(F)CN1CCC(N)C1. The molecule has 11 heavy (non-hydrogen) atoms. The van der Waals surface area contributed by atoms with Gasteiger partial charge in [-0.25, -0.2) is 4.39 Å². The zero-order valence-corrected chi connectivity index (χ0v) is 7.31. The van der Waals surface area contributed by atoms with Gasteiger partial charge in [0, 0.05) is 19.1 Å². The molecule has 1 unspecified atom stereocenters. The standard InChI is InChI=1S/C8H17FN2/c1-8(2,9)6-11-4-3-7(10)5-11/h7H,3-6,10H2,1-2H3. The van der Waals surface area contributed by atoms with Crippen LogP contribution in [0.25, 0.3) is 0 Å². The number of likely N-dealkylation sites (tertiary alicyclic amines) is 1. The van der Waals surface area contributed by atoms with Gasteiger partial charge in [0.2, 0.25) is 0 Å². The van der Waals surface area contributed by atoms with Gasteiger partial charge in [-0.05, 0) is 26.8 Å². The molecule has 1 heterocycles. The van der Waals surface area contributed by atoms with Gasteiger partial charge in [0.05, 0.1) is 0 Å². The minimum atomic E-state index is -1.08. The van der Waals surface area contributed by atoms with Gasteiger partial charge in [-0.3, -0.25) is 4.90 Å². The van der Waals surface area contributed by atoms with Crippen molar-refractivity contribution >= 4 is 0 Å². The van der Waals surface area contributed by atoms with Crippen LogP contribution in [0.5, 0.6) is 0 Å². The molecule has 0 aromatic carbocycles. The van der Waals surface area contributed by atoms with E-state index in [9.17, 15) is 4.39 Å². The van der Waals surface area contributed by atoms with Gasteiger partial charge in [-0.1, -0.05) is 0 Å². The Labute approximate surface area is 67.6 Å². The molecule has 1 aliphatic heterocycles. The van der Waals surface area contributed by atoms with Crippen molar-refractivity contribution in [2.75, 3.05) is 19.6 Å². The lowest BCUT2D eigenvalue weighted by molar-refractivity contribution is 0.142. The summed E-state index contributed by atoms with van der Waals surface area (Å²) in [5, 5.41) is 0. The van der Waals surface area contributed by atoms with Gasteiger partial charge < -0.3 is 5.73 Å². The van der Waals surface area contributed by atoms with Crippen LogP contribution in [0.3, 0.4) is 0 Å². The van der Waals surface area contributed by atoms with Crippen molar-refractivity contribution in [1.29, 1.82) is 0 Å². The van der Waals surface area contributed by atoms with Crippen LogP contribution in [-0.4, -0.2) is 36.2 Å². The lowest BCUT2D eigenvalue weighted by Gasteiger charge is -2.22. The maximum Gasteiger partial charge on any atom is 0.118 e. The van der Waals surface area contributed by atoms with Gasteiger partial charge >= 0.3 is 0 Å². The summed E-state index contributed by atoms with van der Waals surface area (Å²) in [5.41, 5.74) is 4.60. The van der Waals surface area contributed by atoms with Gasteiger partial charge in [0.25, 0.3) is 0 Å². The Hall–Kier alpha value is -0.150. The average Bonchev–Trinajstić information content (AvgIpc) is 2.10. The number of hydrogen-bond donors (Lipinski definition) is 1. The van der Waals surface area contributed by atoms with Crippen molar-refractivity contribution < 1.29 is 4.39 Å². The first-order valence-corrected chi connectivity index (χ1v) is 4.14. The number of hydrogen-bond acceptors (Lipinski definition) is 2. The molecule has 1 aliphatic rings. The quantitative estimate of drug-likeness (QED) is 0.646. The fourth-order valence-electron chi connectivity index (χ4n) is 1.54. The summed E-state index contributed by atoms with van der Waals surface area (Å²) in [6, 6.07) is 0.261. The van der Waals surface area contributed by atoms with Crippen molar-refractivity contribution in [2.45, 2.75) is 32.0 Å². The molecule has 0 aromatic heterocycles. The first-order chi connectivity index (χ1) is 4.97. The Kier molecular flexibility index (Phi) is 2.50. The largest absolute Gasteiger partial charge is 0.326 e. The topological polar surface area (TPSA) is 29.3 Å². The molecule has 0 aromatic rings. The van der Waals surface area contributed by atoms with E-state index in [-0.39, 0.29) is 6.04 Å². The summed E-state index contributed by atoms with van der Waals surface area (Å²) in [7, 11) is 0. The number of nitrogens with two attached hydrogens (primary N) is 1. The fraction of sp³-hybridized carbons (Fsp3) is 1.00. The van der Waals surface area contributed by atoms with Crippen molar-refractivity contribution in [1.82, 2.24) is 4.90 Å². The Balaban J connectivity index is 2.29. The van der Waals surface area contributed by atoms with E-state index < -0.39 is 5.67 Å². The molecule has 0 spiro atoms. The van der Waals surface area contributed by atoms with Crippen molar-refractivity contribution in [2.24, 2.45) is 5.73 Å². The summed E-state index contributed by atoms with van der Waals surface area (Å²) in [6.07, 6.45) is 1.01. The molecular formula is C8H17FN2. The maximum atomic E-state index is 13.1. The Morgan fingerprint density at radius 2 is 2.27 bits per heavy atom. The predicted molar refractivity (Wildman–Crippen MR) is 44.2 cm³/mol. The summed E-state index contributed by atoms with van der Waals surface area (Å²) in [6.45, 7) is 5.54. The van der Waals surface area contributed by atoms with E-state index in [2.05, 4.69) is 4.90 Å². The normalized spacial score (nSPS) is 27.8. The van der Waals surface area contributed by atoms with E-state index in [0.29, 0.717) is 6.54 Å². The summed E-state index contributed by atoms with van der Waals surface area (Å²) < 4.78 is 13.1. The van der Waals surface area contributed by atoms with Crippen LogP contribution < -0.4 is 5.73 Å². The van der Waals surface area contributed by atoms with Crippen LogP contribution in [0.1, 0.15) is 20.3 Å². The van der Waals surface area contributed by atoms with Crippen LogP contribution in [0, 0.1) is 0 Å². The molecular weight excluding hydrogens is 143 g/mol. The molecule has 2 N–H and O–H groups in total. The maximum absolute atomic E-state index is 13.1. The van der Waals surface area contributed by atoms with E-state index in [1.165, 1.54) is 0 Å². The monoisotopic (exact) mass is 160 g/mol. The van der Waals surface area contributed by atoms with Gasteiger partial charge in [0.15, 0.2) is 0 Å². The third-order valence-corrected chi connectivity index (χ3v) is 1.91. The second-order valence-electron chi connectivity index (χ2n) is 4.00. The molecule has 1 fully saturated rings. The Morgan fingerprint density at radius 1 is 1.64 bits per heavy atom. The lowest BCUT2D eigenvalue weighted by Crippen LogP contribution is -2.35. The Bertz CT molecular complexity index is 131. The van der Waals surface area contributed by atoms with Crippen LogP contribution in [0.4, 0.5) is 4.39 Å². The molecule has 1 rings (SSSR count). The highest BCUT2D eigenvalue weighted by atomic mass is 19.1. The zero-order chi connectivity index (χ0) is 8.48. The van der Waals surface area contributed by atoms with Crippen molar-refractivity contribution in [3.8, 4) is 0 Å². The molecule has 1 saturated heterocycles. The Morgan fingerprint density at radius 3 is 2.64 bits per heavy atom. The fourth-order valence-corrected chi connectivity index (χ4v) is 1.54. The molecule has 1 atom stereocenters. The molecule has 3 heteroatoms. The summed E-state index contributed by atoms with van der Waals surface area (Å²) in [5.74, 6) is 0. The highest BCUT2D eigenvalue weighted by Crippen LogP contribution is 2.14. The first kappa shape index (κ1) is 8.94. The van der Waals surface area contributed by atoms with E-state index in [4.69, 9.17) is 5.73 Å². The van der Waals surface area contributed by atoms with Crippen LogP contribution in [0.2, 0.25) is 0 Å². The average molecular weight is 160 g/mol. The van der Waals surface area contributed by atoms with E-state index in [1.54, 1.807) is 13.8 Å². The molecule has 66 valence electrons. The van der Waals surface area contributed by atoms with E-state index in [0.717, 1.165) is 19.5 Å². The minimum Gasteiger partial charge on any atom is -0.326 e. The van der Waals surface area contributed by atoms with Gasteiger partial charge in [-0.15, -0.1) is 0 Å². The lowest BCUT2D eigenvalue weighted by atomic mass is 10.1. The summed E-state index contributed by atoms with van der Waals surface area (Å²) in [4.78, 5) is 2.09. The van der Waals surface area contributed by atoms with Gasteiger partial charge in [-0.2, -0.15) is 0 Å². The molecule has 2 nitrogen and oxygen atoms in total. The van der Waals surface area contributed by atoms with Crippen LogP contribution in [-0.2, 0) is 0 Å². The van der Waals surface area contributed by atoms with Crippen LogP contribution in [0.15, 0.2) is 0 Å². The van der Waals surface area contributed by atoms with Gasteiger partial charge in [0.1, 0.15) is 5.67 Å². The van der Waals surface area contributed by atoms with Crippen LogP contribution >= 0.6 is 0 Å². The van der Waals surface area contributed by atoms with E-state index in [1.807, 2.05) is 0 Å². The number of alkyl halides is 1. The predicted octanol–water partition coefficient (Wildman–Crippen LogP) is 0.768. The number of nitrogens with zero attached hydrogens (tertiary/aromatic N) is 1. The number of rotatable bonds is 2. The third-order valence-electron chi connectivity index (χ3n) is 1.91. The first-order valence-electron chi connectivity index (χ1n) is 4.14. The molecule has 0 aliphatic carbocycles. The van der Waals surface area contributed by atoms with E-state index >= 15 is 0 Å². The molecule has 0 amide bonds. The summed E-state index contributed by atoms with van der Waals surface area (Å²) >= 11 is 0. The smallest absolute Gasteiger partial charge is 0.118 e. The second-order valence-corrected chi connectivity index (χ2v) is 4.00. The highest BCUT2D eigenvalue weighted by molar-refractivity contribution is 4.82. The minimum absolute atomic E-state index is 0.261. The van der Waals surface area contributed by atoms with Crippen molar-refractivity contribution in [3.63, 3.8) is 0 Å². The molecule has 0 saturated carbocycles. The zero-order valence-electron chi connectivity index (χ0n) is 7.31. The van der Waals surface area contributed by atoms with Crippen molar-refractivity contribution in [3.05, 3.63) is 0 Å². The molecule has 0 bridgehead atoms. The third kappa shape index (κ3) is 3.16. The highest BCUT2D eigenvalue weighted by Gasteiger charge is 2.25. The molecule has 0 radical (unpaired) electrons.